The topological polar surface area (TPSA) is 125 Å². The van der Waals surface area contributed by atoms with Gasteiger partial charge in [0.05, 0.1) is 18.4 Å². The molecule has 1 aliphatic heterocycles. The van der Waals surface area contributed by atoms with Gasteiger partial charge in [-0.25, -0.2) is 4.79 Å². The Morgan fingerprint density at radius 1 is 1.06 bits per heavy atom. The summed E-state index contributed by atoms with van der Waals surface area (Å²) in [6, 6.07) is 15.1. The molecule has 0 radical (unpaired) electrons. The zero-order valence-electron chi connectivity index (χ0n) is 19.2. The van der Waals surface area contributed by atoms with Crippen LogP contribution in [0.5, 0.6) is 0 Å². The molecule has 0 aromatic heterocycles. The predicted octanol–water partition coefficient (Wildman–Crippen LogP) is 2.25. The number of piperazine rings is 1. The fourth-order valence-corrected chi connectivity index (χ4v) is 5.12. The quantitative estimate of drug-likeness (QED) is 0.562. The molecule has 2 fully saturated rings. The number of hydrogen-bond donors (Lipinski definition) is 3. The molecule has 5 rings (SSSR count). The first-order valence-corrected chi connectivity index (χ1v) is 11.8. The molecule has 3 aliphatic rings. The van der Waals surface area contributed by atoms with Gasteiger partial charge in [-0.05, 0) is 35.1 Å². The number of fused-ring (bicyclic) bond motifs is 3. The van der Waals surface area contributed by atoms with E-state index < -0.39 is 36.0 Å². The molecule has 0 bridgehead atoms. The SMILES string of the molecule is O=C(O)CC1C(=O)NCCN1C(=O)CC1(NC(=O)OCC2c3ccccc3-c3ccccc32)CC1. The molecule has 1 saturated heterocycles. The van der Waals surface area contributed by atoms with Crippen molar-refractivity contribution in [1.29, 1.82) is 0 Å². The van der Waals surface area contributed by atoms with Gasteiger partial charge >= 0.3 is 12.1 Å². The Kier molecular flexibility index (Phi) is 5.92. The van der Waals surface area contributed by atoms with Crippen molar-refractivity contribution in [1.82, 2.24) is 15.5 Å². The summed E-state index contributed by atoms with van der Waals surface area (Å²) in [7, 11) is 0. The van der Waals surface area contributed by atoms with Crippen LogP contribution in [0.1, 0.15) is 42.7 Å². The fourth-order valence-electron chi connectivity index (χ4n) is 5.12. The van der Waals surface area contributed by atoms with E-state index in [4.69, 9.17) is 9.84 Å². The van der Waals surface area contributed by atoms with Crippen molar-refractivity contribution in [2.24, 2.45) is 0 Å². The number of carboxylic acid groups (broad SMARTS) is 1. The molecule has 9 heteroatoms. The van der Waals surface area contributed by atoms with Crippen molar-refractivity contribution < 1.29 is 29.0 Å². The summed E-state index contributed by atoms with van der Waals surface area (Å²) in [6.07, 6.45) is 0.194. The van der Waals surface area contributed by atoms with Gasteiger partial charge in [-0.15, -0.1) is 0 Å². The molecule has 3 amide bonds. The minimum absolute atomic E-state index is 0.000590. The standard InChI is InChI=1S/C26H27N3O6/c30-22(29-12-11-27-24(33)21(29)13-23(31)32)14-26(9-10-26)28-25(34)35-15-20-18-7-3-1-5-16(18)17-6-2-4-8-19(17)20/h1-8,20-21H,9-15H2,(H,27,33)(H,28,34)(H,31,32). The van der Waals surface area contributed by atoms with E-state index in [1.807, 2.05) is 36.4 Å². The number of aliphatic carboxylic acids is 1. The van der Waals surface area contributed by atoms with Crippen molar-refractivity contribution in [3.63, 3.8) is 0 Å². The third-order valence-corrected chi connectivity index (χ3v) is 7.07. The number of carbonyl (C=O) groups excluding carboxylic acids is 3. The zero-order valence-corrected chi connectivity index (χ0v) is 19.2. The van der Waals surface area contributed by atoms with Crippen LogP contribution in [0.25, 0.3) is 11.1 Å². The number of ether oxygens (including phenoxy) is 1. The Labute approximate surface area is 202 Å². The van der Waals surface area contributed by atoms with Gasteiger partial charge in [0.25, 0.3) is 0 Å². The van der Waals surface area contributed by atoms with Crippen molar-refractivity contribution in [3.8, 4) is 11.1 Å². The van der Waals surface area contributed by atoms with E-state index in [-0.39, 0.29) is 37.9 Å². The number of hydrogen-bond acceptors (Lipinski definition) is 5. The summed E-state index contributed by atoms with van der Waals surface area (Å²) in [4.78, 5) is 50.3. The highest BCUT2D eigenvalue weighted by Crippen LogP contribution is 2.45. The van der Waals surface area contributed by atoms with Crippen LogP contribution in [0.15, 0.2) is 48.5 Å². The largest absolute Gasteiger partial charge is 0.481 e. The summed E-state index contributed by atoms with van der Waals surface area (Å²) in [6.45, 7) is 0.688. The van der Waals surface area contributed by atoms with Gasteiger partial charge in [0, 0.05) is 19.0 Å². The van der Waals surface area contributed by atoms with Gasteiger partial charge in [-0.1, -0.05) is 48.5 Å². The van der Waals surface area contributed by atoms with Gasteiger partial charge in [0.1, 0.15) is 12.6 Å². The third kappa shape index (κ3) is 4.58. The molecule has 2 aromatic carbocycles. The predicted molar refractivity (Wildman–Crippen MR) is 126 cm³/mol. The van der Waals surface area contributed by atoms with Crippen molar-refractivity contribution in [2.75, 3.05) is 19.7 Å². The molecule has 35 heavy (non-hydrogen) atoms. The van der Waals surface area contributed by atoms with Crippen LogP contribution >= 0.6 is 0 Å². The van der Waals surface area contributed by atoms with E-state index in [1.165, 1.54) is 4.90 Å². The Bertz CT molecular complexity index is 1150. The average molecular weight is 478 g/mol. The normalized spacial score (nSPS) is 19.8. The van der Waals surface area contributed by atoms with Crippen LogP contribution in [-0.2, 0) is 19.1 Å². The molecular formula is C26H27N3O6. The molecule has 1 unspecified atom stereocenters. The molecule has 2 aromatic rings. The van der Waals surface area contributed by atoms with Crippen LogP contribution < -0.4 is 10.6 Å². The highest BCUT2D eigenvalue weighted by atomic mass is 16.5. The molecule has 1 atom stereocenters. The maximum Gasteiger partial charge on any atom is 0.407 e. The van der Waals surface area contributed by atoms with Crippen LogP contribution in [0, 0.1) is 0 Å². The Hall–Kier alpha value is -3.88. The second kappa shape index (κ2) is 9.05. The average Bonchev–Trinajstić information content (AvgIpc) is 3.50. The Balaban J connectivity index is 1.20. The first kappa shape index (κ1) is 22.9. The number of nitrogens with one attached hydrogen (secondary N) is 2. The molecule has 2 aliphatic carbocycles. The number of carbonyl (C=O) groups is 4. The zero-order chi connectivity index (χ0) is 24.6. The van der Waals surface area contributed by atoms with E-state index in [0.29, 0.717) is 12.8 Å². The van der Waals surface area contributed by atoms with Gasteiger partial charge < -0.3 is 25.4 Å². The first-order valence-electron chi connectivity index (χ1n) is 11.8. The maximum absolute atomic E-state index is 13.0. The summed E-state index contributed by atoms with van der Waals surface area (Å²) in [5, 5.41) is 14.6. The molecule has 182 valence electrons. The second-order valence-electron chi connectivity index (χ2n) is 9.40. The molecule has 9 nitrogen and oxygen atoms in total. The minimum Gasteiger partial charge on any atom is -0.481 e. The number of alkyl carbamates (subject to hydrolysis) is 1. The highest BCUT2D eigenvalue weighted by Gasteiger charge is 2.48. The van der Waals surface area contributed by atoms with Crippen molar-refractivity contribution >= 4 is 23.9 Å². The van der Waals surface area contributed by atoms with E-state index in [1.54, 1.807) is 0 Å². The lowest BCUT2D eigenvalue weighted by Crippen LogP contribution is -2.58. The Morgan fingerprint density at radius 3 is 2.29 bits per heavy atom. The lowest BCUT2D eigenvalue weighted by atomic mass is 9.98. The van der Waals surface area contributed by atoms with Crippen LogP contribution in [0.3, 0.4) is 0 Å². The molecule has 1 saturated carbocycles. The lowest BCUT2D eigenvalue weighted by Gasteiger charge is -2.35. The number of benzene rings is 2. The molecule has 0 spiro atoms. The second-order valence-corrected chi connectivity index (χ2v) is 9.40. The lowest BCUT2D eigenvalue weighted by molar-refractivity contribution is -0.149. The van der Waals surface area contributed by atoms with Gasteiger partial charge in [0.2, 0.25) is 11.8 Å². The summed E-state index contributed by atoms with van der Waals surface area (Å²) in [5.41, 5.74) is 3.79. The van der Waals surface area contributed by atoms with E-state index in [0.717, 1.165) is 22.3 Å². The summed E-state index contributed by atoms with van der Waals surface area (Å²) in [5.74, 6) is -2.03. The monoisotopic (exact) mass is 477 g/mol. The summed E-state index contributed by atoms with van der Waals surface area (Å²) < 4.78 is 5.62. The first-order chi connectivity index (χ1) is 16.9. The highest BCUT2D eigenvalue weighted by molar-refractivity contribution is 5.92. The van der Waals surface area contributed by atoms with E-state index >= 15 is 0 Å². The van der Waals surface area contributed by atoms with Gasteiger partial charge in [0.15, 0.2) is 0 Å². The Morgan fingerprint density at radius 2 is 1.69 bits per heavy atom. The number of amides is 3. The minimum atomic E-state index is -1.15. The number of nitrogens with zero attached hydrogens (tertiary/aromatic N) is 1. The van der Waals surface area contributed by atoms with Crippen LogP contribution in [0.4, 0.5) is 4.79 Å². The van der Waals surface area contributed by atoms with Crippen LogP contribution in [0.2, 0.25) is 0 Å². The fraction of sp³-hybridized carbons (Fsp3) is 0.385. The maximum atomic E-state index is 13.0. The van der Waals surface area contributed by atoms with E-state index in [9.17, 15) is 19.2 Å². The van der Waals surface area contributed by atoms with E-state index in [2.05, 4.69) is 22.8 Å². The molecule has 3 N–H and O–H groups in total. The third-order valence-electron chi connectivity index (χ3n) is 7.07. The molecular weight excluding hydrogens is 450 g/mol. The molecule has 1 heterocycles. The van der Waals surface area contributed by atoms with Crippen molar-refractivity contribution in [2.45, 2.75) is 43.2 Å². The number of rotatable bonds is 7. The van der Waals surface area contributed by atoms with Gasteiger partial charge in [-0.2, -0.15) is 0 Å². The van der Waals surface area contributed by atoms with Gasteiger partial charge in [-0.3, -0.25) is 14.4 Å². The van der Waals surface area contributed by atoms with Crippen molar-refractivity contribution in [3.05, 3.63) is 59.7 Å². The number of carboxylic acids is 1. The van der Waals surface area contributed by atoms with Crippen LogP contribution in [-0.4, -0.2) is 65.2 Å². The smallest absolute Gasteiger partial charge is 0.407 e. The summed E-state index contributed by atoms with van der Waals surface area (Å²) >= 11 is 0.